The fourth-order valence-electron chi connectivity index (χ4n) is 3.63. The van der Waals surface area contributed by atoms with Gasteiger partial charge in [0, 0.05) is 17.5 Å². The van der Waals surface area contributed by atoms with Gasteiger partial charge in [-0.1, -0.05) is 18.9 Å². The quantitative estimate of drug-likeness (QED) is 0.844. The van der Waals surface area contributed by atoms with Gasteiger partial charge in [-0.15, -0.1) is 0 Å². The molecular formula is C15H19FN2O. The summed E-state index contributed by atoms with van der Waals surface area (Å²) in [4.78, 5) is 13.9. The molecule has 19 heavy (non-hydrogen) atoms. The molecule has 1 aliphatic heterocycles. The molecule has 4 heteroatoms. The summed E-state index contributed by atoms with van der Waals surface area (Å²) in [7, 11) is 0. The first-order valence-electron chi connectivity index (χ1n) is 6.91. The minimum absolute atomic E-state index is 0.115. The van der Waals surface area contributed by atoms with E-state index in [2.05, 4.69) is 0 Å². The summed E-state index contributed by atoms with van der Waals surface area (Å²) in [6, 6.07) is 4.46. The first-order chi connectivity index (χ1) is 9.05. The summed E-state index contributed by atoms with van der Waals surface area (Å²) in [5, 5.41) is 0. The first-order valence-corrected chi connectivity index (χ1v) is 6.91. The molecule has 0 saturated heterocycles. The van der Waals surface area contributed by atoms with Crippen LogP contribution in [0.2, 0.25) is 0 Å². The minimum atomic E-state index is -0.548. The van der Waals surface area contributed by atoms with Gasteiger partial charge in [-0.3, -0.25) is 4.79 Å². The molecule has 1 atom stereocenters. The summed E-state index contributed by atoms with van der Waals surface area (Å²) in [5.41, 5.74) is 7.00. The Bertz CT molecular complexity index is 521. The van der Waals surface area contributed by atoms with Crippen LogP contribution in [0.25, 0.3) is 0 Å². The highest BCUT2D eigenvalue weighted by molar-refractivity contribution is 5.99. The Hall–Kier alpha value is -1.42. The van der Waals surface area contributed by atoms with Crippen molar-refractivity contribution in [3.8, 4) is 0 Å². The van der Waals surface area contributed by atoms with Gasteiger partial charge in [-0.25, -0.2) is 4.39 Å². The van der Waals surface area contributed by atoms with Crippen molar-refractivity contribution in [3.63, 3.8) is 0 Å². The molecule has 2 aliphatic rings. The number of hydrogen-bond donors (Lipinski definition) is 1. The number of fused-ring (bicyclic) bond motifs is 2. The lowest BCUT2D eigenvalue weighted by atomic mass is 9.80. The number of nitrogens with two attached hydrogens (primary N) is 1. The molecule has 1 spiro atoms. The summed E-state index contributed by atoms with van der Waals surface area (Å²) < 4.78 is 14.3. The number of carbonyl (C=O) groups is 1. The number of benzene rings is 1. The molecule has 1 fully saturated rings. The van der Waals surface area contributed by atoms with E-state index in [4.69, 9.17) is 5.73 Å². The molecule has 0 aromatic heterocycles. The summed E-state index contributed by atoms with van der Waals surface area (Å²) in [6.45, 7) is 2.27. The van der Waals surface area contributed by atoms with E-state index in [-0.39, 0.29) is 17.1 Å². The molecule has 1 aromatic rings. The molecule has 1 heterocycles. The third-order valence-corrected chi connectivity index (χ3v) is 4.49. The van der Waals surface area contributed by atoms with Crippen LogP contribution in [0, 0.1) is 5.82 Å². The predicted octanol–water partition coefficient (Wildman–Crippen LogP) is 2.33. The molecule has 3 rings (SSSR count). The van der Waals surface area contributed by atoms with Crippen molar-refractivity contribution in [3.05, 3.63) is 29.6 Å². The van der Waals surface area contributed by atoms with Gasteiger partial charge in [0.1, 0.15) is 5.82 Å². The number of halogens is 1. The Labute approximate surface area is 112 Å². The molecule has 0 radical (unpaired) electrons. The maximum atomic E-state index is 14.3. The number of rotatable bonds is 1. The van der Waals surface area contributed by atoms with Crippen LogP contribution >= 0.6 is 0 Å². The van der Waals surface area contributed by atoms with Gasteiger partial charge < -0.3 is 10.6 Å². The fraction of sp³-hybridized carbons (Fsp3) is 0.533. The zero-order chi connectivity index (χ0) is 13.6. The van der Waals surface area contributed by atoms with Crippen molar-refractivity contribution in [1.82, 2.24) is 0 Å². The van der Waals surface area contributed by atoms with Crippen molar-refractivity contribution in [2.75, 3.05) is 11.4 Å². The highest BCUT2D eigenvalue weighted by Gasteiger charge is 2.48. The van der Waals surface area contributed by atoms with Crippen LogP contribution in [0.5, 0.6) is 0 Å². The molecular weight excluding hydrogens is 243 g/mol. The second kappa shape index (κ2) is 4.30. The Morgan fingerprint density at radius 2 is 2.11 bits per heavy atom. The molecule has 1 saturated carbocycles. The maximum Gasteiger partial charge on any atom is 0.243 e. The lowest BCUT2D eigenvalue weighted by molar-refractivity contribution is -0.119. The van der Waals surface area contributed by atoms with Crippen molar-refractivity contribution in [1.29, 1.82) is 0 Å². The lowest BCUT2D eigenvalue weighted by Gasteiger charge is -2.25. The predicted molar refractivity (Wildman–Crippen MR) is 72.5 cm³/mol. The molecule has 1 aromatic carbocycles. The lowest BCUT2D eigenvalue weighted by Crippen LogP contribution is -2.43. The maximum absolute atomic E-state index is 14.3. The van der Waals surface area contributed by atoms with Gasteiger partial charge in [0.15, 0.2) is 0 Å². The number of nitrogens with zero attached hydrogens (tertiary/aromatic N) is 1. The van der Waals surface area contributed by atoms with E-state index in [1.54, 1.807) is 17.9 Å². The van der Waals surface area contributed by atoms with Gasteiger partial charge in [0.25, 0.3) is 0 Å². The Morgan fingerprint density at radius 1 is 1.42 bits per heavy atom. The molecule has 1 aliphatic carbocycles. The van der Waals surface area contributed by atoms with E-state index in [1.807, 2.05) is 6.07 Å². The third kappa shape index (κ3) is 1.77. The summed E-state index contributed by atoms with van der Waals surface area (Å²) in [6.07, 6.45) is 4.13. The van der Waals surface area contributed by atoms with E-state index in [1.165, 1.54) is 6.07 Å². The molecule has 102 valence electrons. The first kappa shape index (κ1) is 12.6. The van der Waals surface area contributed by atoms with Crippen LogP contribution in [0.3, 0.4) is 0 Å². The summed E-state index contributed by atoms with van der Waals surface area (Å²) in [5.74, 6) is -0.296. The van der Waals surface area contributed by atoms with Crippen molar-refractivity contribution in [2.24, 2.45) is 5.73 Å². The van der Waals surface area contributed by atoms with E-state index in [9.17, 15) is 9.18 Å². The third-order valence-electron chi connectivity index (χ3n) is 4.49. The summed E-state index contributed by atoms with van der Waals surface area (Å²) >= 11 is 0. The molecule has 3 nitrogen and oxygen atoms in total. The second-order valence-corrected chi connectivity index (χ2v) is 5.83. The van der Waals surface area contributed by atoms with Crippen LogP contribution in [-0.4, -0.2) is 18.5 Å². The normalized spacial score (nSPS) is 21.7. The fourth-order valence-corrected chi connectivity index (χ4v) is 3.63. The van der Waals surface area contributed by atoms with E-state index >= 15 is 0 Å². The highest BCUT2D eigenvalue weighted by atomic mass is 19.1. The average molecular weight is 262 g/mol. The van der Waals surface area contributed by atoms with Crippen molar-refractivity contribution < 1.29 is 9.18 Å². The largest absolute Gasteiger partial charge is 0.320 e. The molecule has 2 N–H and O–H groups in total. The van der Waals surface area contributed by atoms with Gasteiger partial charge in [0.05, 0.1) is 11.7 Å². The zero-order valence-corrected chi connectivity index (χ0v) is 11.2. The smallest absolute Gasteiger partial charge is 0.243 e. The van der Waals surface area contributed by atoms with Crippen LogP contribution in [0.1, 0.15) is 38.2 Å². The number of hydrogen-bond acceptors (Lipinski definition) is 2. The standard InChI is InChI=1S/C15H19FN2O/c1-10(17)14(19)18-9-15(7-2-3-8-15)13-11(16)5-4-6-12(13)18/h4-6,10H,2-3,7-9,17H2,1H3/t10-/m0/s1. The highest BCUT2D eigenvalue weighted by Crippen LogP contribution is 2.51. The van der Waals surface area contributed by atoms with Crippen LogP contribution < -0.4 is 10.6 Å². The van der Waals surface area contributed by atoms with Gasteiger partial charge >= 0.3 is 0 Å². The Morgan fingerprint density at radius 3 is 2.74 bits per heavy atom. The van der Waals surface area contributed by atoms with Gasteiger partial charge in [0.2, 0.25) is 5.91 Å². The Kier molecular flexibility index (Phi) is 2.86. The monoisotopic (exact) mass is 262 g/mol. The molecule has 0 unspecified atom stereocenters. The molecule has 0 bridgehead atoms. The van der Waals surface area contributed by atoms with Crippen LogP contribution in [-0.2, 0) is 10.2 Å². The van der Waals surface area contributed by atoms with Crippen molar-refractivity contribution >= 4 is 11.6 Å². The van der Waals surface area contributed by atoms with Gasteiger partial charge in [-0.05, 0) is 31.9 Å². The van der Waals surface area contributed by atoms with E-state index in [0.29, 0.717) is 6.54 Å². The van der Waals surface area contributed by atoms with E-state index in [0.717, 1.165) is 36.9 Å². The molecule has 1 amide bonds. The second-order valence-electron chi connectivity index (χ2n) is 5.83. The zero-order valence-electron chi connectivity index (χ0n) is 11.2. The number of anilines is 1. The number of carbonyl (C=O) groups excluding carboxylic acids is 1. The topological polar surface area (TPSA) is 46.3 Å². The van der Waals surface area contributed by atoms with Crippen LogP contribution in [0.4, 0.5) is 10.1 Å². The minimum Gasteiger partial charge on any atom is -0.320 e. The SMILES string of the molecule is C[C@H](N)C(=O)N1CC2(CCCC2)c2c(F)cccc21. The Balaban J connectivity index is 2.11. The van der Waals surface area contributed by atoms with E-state index < -0.39 is 6.04 Å². The van der Waals surface area contributed by atoms with Gasteiger partial charge in [-0.2, -0.15) is 0 Å². The average Bonchev–Trinajstić information content (AvgIpc) is 2.96. The van der Waals surface area contributed by atoms with Crippen molar-refractivity contribution in [2.45, 2.75) is 44.1 Å². The van der Waals surface area contributed by atoms with Crippen LogP contribution in [0.15, 0.2) is 18.2 Å². The number of amides is 1.